The standard InChI is InChI=1S/C13H29N.C6H10O8/c1-11(2)7-6-8-13(5)14-10-9-12(3)4;7-1(3(9)5(11)12)2(8)4(10)6(13)14/h11-14H,6-10H2,1-5H3;1-4,7-10H,(H,11,12)(H,13,14)/t;1-,2-,3-,4+/m.1/s1. The number of carboxylic acids is 2. The number of hydrogen-bond donors (Lipinski definition) is 7. The van der Waals surface area contributed by atoms with Crippen LogP contribution in [0.1, 0.15) is 60.3 Å². The van der Waals surface area contributed by atoms with Crippen LogP contribution in [0.15, 0.2) is 0 Å². The minimum atomic E-state index is -2.36. The van der Waals surface area contributed by atoms with Gasteiger partial charge in [0.15, 0.2) is 12.2 Å². The predicted molar refractivity (Wildman–Crippen MR) is 105 cm³/mol. The summed E-state index contributed by atoms with van der Waals surface area (Å²) in [6, 6.07) is 0.701. The van der Waals surface area contributed by atoms with E-state index in [1.165, 1.54) is 32.2 Å². The fourth-order valence-electron chi connectivity index (χ4n) is 2.22. The summed E-state index contributed by atoms with van der Waals surface area (Å²) in [4.78, 5) is 20.2. The highest BCUT2D eigenvalue weighted by molar-refractivity contribution is 5.75. The zero-order valence-corrected chi connectivity index (χ0v) is 17.6. The lowest BCUT2D eigenvalue weighted by molar-refractivity contribution is -0.172. The molecule has 0 saturated carbocycles. The fraction of sp³-hybridized carbons (Fsp3) is 0.895. The molecule has 0 aliphatic carbocycles. The first-order valence-corrected chi connectivity index (χ1v) is 9.72. The van der Waals surface area contributed by atoms with Gasteiger partial charge in [0.1, 0.15) is 12.2 Å². The summed E-state index contributed by atoms with van der Waals surface area (Å²) < 4.78 is 0. The lowest BCUT2D eigenvalue weighted by atomic mass is 10.0. The van der Waals surface area contributed by atoms with Crippen molar-refractivity contribution in [3.63, 3.8) is 0 Å². The molecule has 9 nitrogen and oxygen atoms in total. The number of rotatable bonds is 13. The number of hydrogen-bond acceptors (Lipinski definition) is 7. The molecule has 0 aromatic heterocycles. The third-order valence-corrected chi connectivity index (χ3v) is 4.14. The Hall–Kier alpha value is -1.26. The van der Waals surface area contributed by atoms with Crippen LogP contribution in [0.25, 0.3) is 0 Å². The molecule has 0 heterocycles. The second-order valence-corrected chi connectivity index (χ2v) is 7.91. The number of carboxylic acid groups (broad SMARTS) is 2. The SMILES string of the molecule is CC(C)CCCC(C)NCCC(C)C.O=C(O)[C@@H](O)[C@H](O)[C@@H](O)[C@@H](O)C(=O)O. The molecule has 0 saturated heterocycles. The largest absolute Gasteiger partial charge is 0.479 e. The molecule has 0 aromatic rings. The quantitative estimate of drug-likeness (QED) is 0.228. The monoisotopic (exact) mass is 409 g/mol. The van der Waals surface area contributed by atoms with Crippen LogP contribution in [0.5, 0.6) is 0 Å². The van der Waals surface area contributed by atoms with Gasteiger partial charge in [0.2, 0.25) is 0 Å². The van der Waals surface area contributed by atoms with E-state index in [2.05, 4.69) is 39.9 Å². The Morgan fingerprint density at radius 1 is 0.714 bits per heavy atom. The summed E-state index contributed by atoms with van der Waals surface area (Å²) in [5, 5.41) is 55.0. The van der Waals surface area contributed by atoms with Crippen molar-refractivity contribution in [1.29, 1.82) is 0 Å². The summed E-state index contributed by atoms with van der Waals surface area (Å²) in [6.07, 6.45) is -3.91. The van der Waals surface area contributed by atoms with E-state index in [4.69, 9.17) is 30.6 Å². The van der Waals surface area contributed by atoms with E-state index < -0.39 is 36.4 Å². The number of aliphatic hydroxyl groups is 4. The van der Waals surface area contributed by atoms with Crippen LogP contribution in [-0.2, 0) is 9.59 Å². The highest BCUT2D eigenvalue weighted by Crippen LogP contribution is 2.08. The summed E-state index contributed by atoms with van der Waals surface area (Å²) in [5.74, 6) is -1.99. The van der Waals surface area contributed by atoms with Gasteiger partial charge in [0.05, 0.1) is 0 Å². The van der Waals surface area contributed by atoms with E-state index in [0.29, 0.717) is 6.04 Å². The smallest absolute Gasteiger partial charge is 0.335 e. The van der Waals surface area contributed by atoms with Crippen LogP contribution >= 0.6 is 0 Å². The van der Waals surface area contributed by atoms with E-state index in [-0.39, 0.29) is 0 Å². The fourth-order valence-corrected chi connectivity index (χ4v) is 2.22. The molecular formula is C19H39NO8. The first-order valence-electron chi connectivity index (χ1n) is 9.72. The van der Waals surface area contributed by atoms with Crippen LogP contribution in [0.3, 0.4) is 0 Å². The van der Waals surface area contributed by atoms with Gasteiger partial charge in [-0.25, -0.2) is 9.59 Å². The molecule has 7 N–H and O–H groups in total. The number of carbonyl (C=O) groups is 2. The van der Waals surface area contributed by atoms with Gasteiger partial charge < -0.3 is 36.0 Å². The van der Waals surface area contributed by atoms with Crippen LogP contribution in [0.2, 0.25) is 0 Å². The molecule has 9 heteroatoms. The second-order valence-electron chi connectivity index (χ2n) is 7.91. The molecule has 1 unspecified atom stereocenters. The Balaban J connectivity index is 0. The van der Waals surface area contributed by atoms with Crippen LogP contribution in [0, 0.1) is 11.8 Å². The summed E-state index contributed by atoms with van der Waals surface area (Å²) >= 11 is 0. The highest BCUT2D eigenvalue weighted by atomic mass is 16.4. The molecule has 5 atom stereocenters. The van der Waals surface area contributed by atoms with Gasteiger partial charge in [-0.3, -0.25) is 0 Å². The molecule has 0 radical (unpaired) electrons. The second kappa shape index (κ2) is 15.6. The molecule has 0 aromatic carbocycles. The zero-order valence-electron chi connectivity index (χ0n) is 17.6. The molecule has 0 amide bonds. The summed E-state index contributed by atoms with van der Waals surface area (Å²) in [6.45, 7) is 12.7. The number of aliphatic hydroxyl groups excluding tert-OH is 4. The zero-order chi connectivity index (χ0) is 22.4. The van der Waals surface area contributed by atoms with Crippen LogP contribution in [-0.4, -0.2) is 79.6 Å². The van der Waals surface area contributed by atoms with Gasteiger partial charge in [0.25, 0.3) is 0 Å². The molecule has 0 rings (SSSR count). The molecule has 28 heavy (non-hydrogen) atoms. The van der Waals surface area contributed by atoms with Crippen molar-refractivity contribution in [3.05, 3.63) is 0 Å². The van der Waals surface area contributed by atoms with E-state index in [1.807, 2.05) is 0 Å². The number of nitrogens with one attached hydrogen (secondary N) is 1. The molecule has 0 bridgehead atoms. The summed E-state index contributed by atoms with van der Waals surface area (Å²) in [5.41, 5.74) is 0. The van der Waals surface area contributed by atoms with Crippen molar-refractivity contribution >= 4 is 11.9 Å². The first-order chi connectivity index (χ1) is 12.8. The maximum atomic E-state index is 10.1. The maximum Gasteiger partial charge on any atom is 0.335 e. The van der Waals surface area contributed by atoms with Crippen LogP contribution in [0.4, 0.5) is 0 Å². The van der Waals surface area contributed by atoms with Gasteiger partial charge in [-0.05, 0) is 38.1 Å². The summed E-state index contributed by atoms with van der Waals surface area (Å²) in [7, 11) is 0. The predicted octanol–water partition coefficient (Wildman–Crippen LogP) is 0.436. The van der Waals surface area contributed by atoms with Crippen molar-refractivity contribution in [3.8, 4) is 0 Å². The lowest BCUT2D eigenvalue weighted by Gasteiger charge is -2.21. The van der Waals surface area contributed by atoms with Gasteiger partial charge in [0, 0.05) is 6.04 Å². The van der Waals surface area contributed by atoms with Crippen molar-refractivity contribution in [2.24, 2.45) is 11.8 Å². The Morgan fingerprint density at radius 2 is 1.11 bits per heavy atom. The first kappa shape index (κ1) is 28.9. The van der Waals surface area contributed by atoms with Gasteiger partial charge >= 0.3 is 11.9 Å². The van der Waals surface area contributed by atoms with Crippen molar-refractivity contribution in [2.75, 3.05) is 6.54 Å². The molecule has 0 spiro atoms. The van der Waals surface area contributed by atoms with Crippen LogP contribution < -0.4 is 5.32 Å². The van der Waals surface area contributed by atoms with Crippen molar-refractivity contribution in [1.82, 2.24) is 5.32 Å². The maximum absolute atomic E-state index is 10.1. The third-order valence-electron chi connectivity index (χ3n) is 4.14. The Kier molecular flexibility index (Phi) is 16.2. The Labute approximate surface area is 167 Å². The van der Waals surface area contributed by atoms with E-state index in [9.17, 15) is 9.59 Å². The van der Waals surface area contributed by atoms with Crippen molar-refractivity contribution in [2.45, 2.75) is 90.8 Å². The Bertz CT molecular complexity index is 392. The molecular weight excluding hydrogens is 370 g/mol. The van der Waals surface area contributed by atoms with Gasteiger partial charge in [-0.15, -0.1) is 0 Å². The lowest BCUT2D eigenvalue weighted by Crippen LogP contribution is -2.49. The van der Waals surface area contributed by atoms with Gasteiger partial charge in [-0.1, -0.05) is 40.5 Å². The van der Waals surface area contributed by atoms with Crippen molar-refractivity contribution < 1.29 is 40.2 Å². The molecule has 0 fully saturated rings. The highest BCUT2D eigenvalue weighted by Gasteiger charge is 2.37. The molecule has 0 aliphatic heterocycles. The minimum Gasteiger partial charge on any atom is -0.479 e. The average Bonchev–Trinajstić information content (AvgIpc) is 2.58. The average molecular weight is 410 g/mol. The van der Waals surface area contributed by atoms with E-state index in [0.717, 1.165) is 11.8 Å². The topological polar surface area (TPSA) is 168 Å². The minimum absolute atomic E-state index is 0.701. The van der Waals surface area contributed by atoms with E-state index >= 15 is 0 Å². The molecule has 168 valence electrons. The number of aliphatic carboxylic acids is 2. The molecule has 0 aliphatic rings. The van der Waals surface area contributed by atoms with Gasteiger partial charge in [-0.2, -0.15) is 0 Å². The third kappa shape index (κ3) is 14.8. The normalized spacial score (nSPS) is 16.7. The van der Waals surface area contributed by atoms with E-state index in [1.54, 1.807) is 0 Å². The Morgan fingerprint density at radius 3 is 1.43 bits per heavy atom.